The molecule has 0 bridgehead atoms. The Kier molecular flexibility index (Phi) is 5.90. The number of pyridine rings is 1. The van der Waals surface area contributed by atoms with Crippen molar-refractivity contribution in [3.05, 3.63) is 69.0 Å². The third-order valence-electron chi connectivity index (χ3n) is 4.40. The molecule has 1 aliphatic heterocycles. The van der Waals surface area contributed by atoms with E-state index in [1.54, 1.807) is 17.5 Å². The van der Waals surface area contributed by atoms with Crippen molar-refractivity contribution in [2.45, 2.75) is 11.2 Å². The average molecular weight is 476 g/mol. The summed E-state index contributed by atoms with van der Waals surface area (Å²) >= 11 is 1.68. The second kappa shape index (κ2) is 8.64. The molecule has 0 atom stereocenters. The van der Waals surface area contributed by atoms with Crippen LogP contribution in [0.3, 0.4) is 0 Å². The van der Waals surface area contributed by atoms with E-state index < -0.39 is 29.0 Å². The molecule has 0 unspecified atom stereocenters. The summed E-state index contributed by atoms with van der Waals surface area (Å²) < 4.78 is 51.4. The first-order chi connectivity index (χ1) is 15.3. The lowest BCUT2D eigenvalue weighted by Crippen LogP contribution is -2.17. The number of hydrogen-bond donors (Lipinski definition) is 0. The highest BCUT2D eigenvalue weighted by Gasteiger charge is 2.39. The summed E-state index contributed by atoms with van der Waals surface area (Å²) in [7, 11) is 0. The zero-order valence-electron chi connectivity index (χ0n) is 15.9. The van der Waals surface area contributed by atoms with Crippen molar-refractivity contribution >= 4 is 34.7 Å². The lowest BCUT2D eigenvalue weighted by Gasteiger charge is -2.13. The van der Waals surface area contributed by atoms with E-state index in [2.05, 4.69) is 4.98 Å². The Morgan fingerprint density at radius 3 is 2.66 bits per heavy atom. The fraction of sp³-hybridized carbons (Fsp3) is 0.143. The van der Waals surface area contributed by atoms with Crippen molar-refractivity contribution in [2.75, 3.05) is 12.5 Å². The van der Waals surface area contributed by atoms with Gasteiger partial charge in [0.2, 0.25) is 12.6 Å². The number of nitriles is 1. The monoisotopic (exact) mass is 476 g/mol. The van der Waals surface area contributed by atoms with Crippen LogP contribution >= 0.6 is 23.1 Å². The summed E-state index contributed by atoms with van der Waals surface area (Å²) in [5, 5.41) is 10.7. The molecule has 6 nitrogen and oxygen atoms in total. The highest BCUT2D eigenvalue weighted by atomic mass is 32.2. The topological polar surface area (TPSA) is 89.3 Å². The van der Waals surface area contributed by atoms with Gasteiger partial charge < -0.3 is 9.47 Å². The predicted molar refractivity (Wildman–Crippen MR) is 109 cm³/mol. The molecule has 162 valence electrons. The molecule has 0 aliphatic carbocycles. The molecule has 0 saturated carbocycles. The molecule has 11 heteroatoms. The van der Waals surface area contributed by atoms with Crippen LogP contribution in [0.1, 0.15) is 36.9 Å². The van der Waals surface area contributed by atoms with Gasteiger partial charge in [0.1, 0.15) is 11.1 Å². The highest BCUT2D eigenvalue weighted by Crippen LogP contribution is 2.36. The van der Waals surface area contributed by atoms with Gasteiger partial charge in [-0.3, -0.25) is 9.59 Å². The van der Waals surface area contributed by atoms with Crippen LogP contribution in [-0.2, 0) is 6.18 Å². The number of thiophene rings is 1. The number of thioether (sulfide) groups is 1. The smallest absolute Gasteiger partial charge is 0.434 e. The fourth-order valence-electron chi connectivity index (χ4n) is 2.90. The molecule has 3 heterocycles. The summed E-state index contributed by atoms with van der Waals surface area (Å²) in [5.74, 6) is -0.650. The van der Waals surface area contributed by atoms with E-state index >= 15 is 0 Å². The number of ether oxygens (including phenoxy) is 2. The first kappa shape index (κ1) is 21.9. The number of fused-ring (bicyclic) bond motifs is 1. The zero-order chi connectivity index (χ0) is 22.9. The standard InChI is InChI=1S/C21H11F3N2O4S2/c22-21(23,24)19-13(18(28)17-2-1-5-31-17)6-12(8-25)20(26-19)32-9-14(27)11-3-4-15-16(7-11)30-10-29-15/h1-7H,9-10H2. The van der Waals surface area contributed by atoms with Gasteiger partial charge in [0.15, 0.2) is 23.0 Å². The summed E-state index contributed by atoms with van der Waals surface area (Å²) in [6.45, 7) is 0.0357. The Hall–Kier alpha value is -3.36. The first-order valence-electron chi connectivity index (χ1n) is 8.94. The van der Waals surface area contributed by atoms with Crippen LogP contribution in [0.5, 0.6) is 11.5 Å². The number of carbonyl (C=O) groups is 2. The van der Waals surface area contributed by atoms with Gasteiger partial charge in [-0.1, -0.05) is 17.8 Å². The van der Waals surface area contributed by atoms with Crippen molar-refractivity contribution in [3.63, 3.8) is 0 Å². The van der Waals surface area contributed by atoms with Crippen molar-refractivity contribution in [1.29, 1.82) is 5.26 Å². The van der Waals surface area contributed by atoms with E-state index in [4.69, 9.17) is 9.47 Å². The molecule has 0 saturated heterocycles. The molecule has 0 fully saturated rings. The number of carbonyl (C=O) groups excluding carboxylic acids is 2. The molecular formula is C21H11F3N2O4S2. The minimum Gasteiger partial charge on any atom is -0.454 e. The van der Waals surface area contributed by atoms with Gasteiger partial charge in [0, 0.05) is 5.56 Å². The second-order valence-corrected chi connectivity index (χ2v) is 8.34. The van der Waals surface area contributed by atoms with Gasteiger partial charge in [-0.2, -0.15) is 18.4 Å². The molecule has 3 aromatic rings. The Morgan fingerprint density at radius 2 is 1.97 bits per heavy atom. The van der Waals surface area contributed by atoms with Crippen LogP contribution in [0.2, 0.25) is 0 Å². The molecule has 4 rings (SSSR count). The Balaban J connectivity index is 1.63. The lowest BCUT2D eigenvalue weighted by molar-refractivity contribution is -0.141. The van der Waals surface area contributed by atoms with Crippen LogP contribution in [-0.4, -0.2) is 29.1 Å². The van der Waals surface area contributed by atoms with Gasteiger partial charge >= 0.3 is 6.18 Å². The minimum atomic E-state index is -4.92. The van der Waals surface area contributed by atoms with E-state index in [0.717, 1.165) is 17.4 Å². The largest absolute Gasteiger partial charge is 0.454 e. The maximum Gasteiger partial charge on any atom is 0.434 e. The summed E-state index contributed by atoms with van der Waals surface area (Å²) in [4.78, 5) is 28.8. The van der Waals surface area contributed by atoms with E-state index in [0.29, 0.717) is 23.3 Å². The van der Waals surface area contributed by atoms with Crippen molar-refractivity contribution in [3.8, 4) is 17.6 Å². The van der Waals surface area contributed by atoms with Gasteiger partial charge in [-0.25, -0.2) is 4.98 Å². The zero-order valence-corrected chi connectivity index (χ0v) is 17.6. The number of benzene rings is 1. The lowest BCUT2D eigenvalue weighted by atomic mass is 10.1. The quantitative estimate of drug-likeness (QED) is 0.367. The third-order valence-corrected chi connectivity index (χ3v) is 6.26. The Labute approximate surface area is 187 Å². The molecule has 32 heavy (non-hydrogen) atoms. The third kappa shape index (κ3) is 4.32. The number of nitrogens with zero attached hydrogens (tertiary/aromatic N) is 2. The van der Waals surface area contributed by atoms with Crippen LogP contribution in [0.15, 0.2) is 46.8 Å². The number of alkyl halides is 3. The Morgan fingerprint density at radius 1 is 1.19 bits per heavy atom. The molecule has 2 aromatic heterocycles. The maximum atomic E-state index is 13.7. The summed E-state index contributed by atoms with van der Waals surface area (Å²) in [6.07, 6.45) is -4.92. The minimum absolute atomic E-state index is 0.0357. The van der Waals surface area contributed by atoms with Gasteiger partial charge in [0.05, 0.1) is 21.8 Å². The molecule has 0 radical (unpaired) electrons. The van der Waals surface area contributed by atoms with Crippen LogP contribution < -0.4 is 9.47 Å². The maximum absolute atomic E-state index is 13.7. The molecular weight excluding hydrogens is 465 g/mol. The molecule has 0 N–H and O–H groups in total. The van der Waals surface area contributed by atoms with E-state index in [-0.39, 0.29) is 33.6 Å². The SMILES string of the molecule is N#Cc1cc(C(=O)c2cccs2)c(C(F)(F)F)nc1SCC(=O)c1ccc2c(c1)OCO2. The second-order valence-electron chi connectivity index (χ2n) is 6.43. The van der Waals surface area contributed by atoms with Crippen molar-refractivity contribution in [2.24, 2.45) is 0 Å². The molecule has 1 aromatic carbocycles. The van der Waals surface area contributed by atoms with Crippen LogP contribution in [0.25, 0.3) is 0 Å². The molecule has 1 aliphatic rings. The fourth-order valence-corrected chi connectivity index (χ4v) is 4.43. The number of ketones is 2. The summed E-state index contributed by atoms with van der Waals surface area (Å²) in [6, 6.07) is 10.1. The summed E-state index contributed by atoms with van der Waals surface area (Å²) in [5.41, 5.74) is -2.04. The van der Waals surface area contributed by atoms with Gasteiger partial charge in [-0.05, 0) is 35.7 Å². The number of Topliss-reactive ketones (excluding diaryl/α,β-unsaturated/α-hetero) is 1. The number of hydrogen-bond acceptors (Lipinski definition) is 8. The first-order valence-corrected chi connectivity index (χ1v) is 10.8. The van der Waals surface area contributed by atoms with Crippen LogP contribution in [0.4, 0.5) is 13.2 Å². The Bertz CT molecular complexity index is 1250. The van der Waals surface area contributed by atoms with E-state index in [1.165, 1.54) is 24.3 Å². The number of halogens is 3. The average Bonchev–Trinajstić information content (AvgIpc) is 3.47. The van der Waals surface area contributed by atoms with E-state index in [9.17, 15) is 28.0 Å². The van der Waals surface area contributed by atoms with Crippen LogP contribution in [0, 0.1) is 11.3 Å². The molecule has 0 spiro atoms. The van der Waals surface area contributed by atoms with E-state index in [1.807, 2.05) is 0 Å². The highest BCUT2D eigenvalue weighted by molar-refractivity contribution is 8.00. The van der Waals surface area contributed by atoms with Crippen molar-refractivity contribution < 1.29 is 32.2 Å². The van der Waals surface area contributed by atoms with Crippen molar-refractivity contribution in [1.82, 2.24) is 4.98 Å². The normalized spacial score (nSPS) is 12.4. The molecule has 0 amide bonds. The predicted octanol–water partition coefficient (Wildman–Crippen LogP) is 4.97. The number of rotatable bonds is 6. The number of aromatic nitrogens is 1. The van der Waals surface area contributed by atoms with Gasteiger partial charge in [0.25, 0.3) is 0 Å². The van der Waals surface area contributed by atoms with Gasteiger partial charge in [-0.15, -0.1) is 11.3 Å².